The highest BCUT2D eigenvalue weighted by Crippen LogP contribution is 2.30. The second kappa shape index (κ2) is 8.56. The van der Waals surface area contributed by atoms with Gasteiger partial charge in [0, 0.05) is 32.8 Å². The van der Waals surface area contributed by atoms with Crippen LogP contribution in [0, 0.1) is 5.41 Å². The van der Waals surface area contributed by atoms with Crippen LogP contribution < -0.4 is 10.6 Å². The van der Waals surface area contributed by atoms with Gasteiger partial charge in [-0.2, -0.15) is 0 Å². The molecular weight excluding hydrogens is 314 g/mol. The van der Waals surface area contributed by atoms with Gasteiger partial charge in [0.1, 0.15) is 5.75 Å². The molecule has 1 aromatic carbocycles. The van der Waals surface area contributed by atoms with E-state index in [-0.39, 0.29) is 11.5 Å². The van der Waals surface area contributed by atoms with Crippen molar-refractivity contribution in [2.45, 2.75) is 59.1 Å². The number of hydrogen-bond acceptors (Lipinski definition) is 3. The summed E-state index contributed by atoms with van der Waals surface area (Å²) in [6.45, 7) is 7.73. The van der Waals surface area contributed by atoms with Gasteiger partial charge in [-0.05, 0) is 48.3 Å². The Bertz CT molecular complexity index is 606. The van der Waals surface area contributed by atoms with E-state index in [1.54, 1.807) is 14.2 Å². The van der Waals surface area contributed by atoms with E-state index in [4.69, 9.17) is 4.74 Å². The number of fused-ring (bicyclic) bond motifs is 1. The first-order valence-electron chi connectivity index (χ1n) is 9.16. The van der Waals surface area contributed by atoms with Crippen LogP contribution in [0.5, 0.6) is 5.75 Å². The Labute approximate surface area is 151 Å². The number of aliphatic imine (C=N–C) groups is 1. The van der Waals surface area contributed by atoms with Crippen LogP contribution in [-0.2, 0) is 24.1 Å². The molecule has 5 nitrogen and oxygen atoms in total. The fourth-order valence-corrected chi connectivity index (χ4v) is 3.41. The minimum Gasteiger partial charge on any atom is -0.508 e. The summed E-state index contributed by atoms with van der Waals surface area (Å²) in [5.41, 5.74) is 3.73. The summed E-state index contributed by atoms with van der Waals surface area (Å²) in [5.74, 6) is 1.09. The fourth-order valence-electron chi connectivity index (χ4n) is 3.41. The second-order valence-corrected chi connectivity index (χ2v) is 7.81. The van der Waals surface area contributed by atoms with Crippen LogP contribution in [-0.4, -0.2) is 37.9 Å². The number of phenolic OH excluding ortho intramolecular Hbond substituents is 1. The van der Waals surface area contributed by atoms with E-state index >= 15 is 0 Å². The zero-order valence-corrected chi connectivity index (χ0v) is 16.3. The molecule has 0 amide bonds. The molecule has 0 saturated carbocycles. The standard InChI is InChI=1S/C20H33N3O2/c1-20(2,3)18(25-5)13-23-19(21-4)22-12-16-15-9-7-6-8-14(15)10-11-17(16)24/h10-11,18,24H,6-9,12-13H2,1-5H3,(H2,21,22,23). The van der Waals surface area contributed by atoms with Crippen LogP contribution in [0.25, 0.3) is 0 Å². The summed E-state index contributed by atoms with van der Waals surface area (Å²) < 4.78 is 5.58. The minimum atomic E-state index is 0.0529. The smallest absolute Gasteiger partial charge is 0.191 e. The summed E-state index contributed by atoms with van der Waals surface area (Å²) in [6, 6.07) is 3.88. The first kappa shape index (κ1) is 19.6. The number of nitrogens with zero attached hydrogens (tertiary/aromatic N) is 1. The number of methoxy groups -OCH3 is 1. The molecule has 0 aliphatic heterocycles. The largest absolute Gasteiger partial charge is 0.508 e. The predicted octanol–water partition coefficient (Wildman–Crippen LogP) is 3.00. The van der Waals surface area contributed by atoms with E-state index in [1.165, 1.54) is 24.0 Å². The molecule has 2 rings (SSSR count). The van der Waals surface area contributed by atoms with E-state index < -0.39 is 0 Å². The highest BCUT2D eigenvalue weighted by atomic mass is 16.5. The molecule has 0 aromatic heterocycles. The van der Waals surface area contributed by atoms with Crippen LogP contribution in [0.2, 0.25) is 0 Å². The molecule has 0 heterocycles. The highest BCUT2D eigenvalue weighted by molar-refractivity contribution is 5.79. The van der Waals surface area contributed by atoms with Crippen LogP contribution in [0.1, 0.15) is 50.3 Å². The number of aromatic hydroxyl groups is 1. The zero-order chi connectivity index (χ0) is 18.4. The number of phenols is 1. The Morgan fingerprint density at radius 1 is 1.24 bits per heavy atom. The first-order chi connectivity index (χ1) is 11.9. The van der Waals surface area contributed by atoms with Gasteiger partial charge in [0.05, 0.1) is 6.10 Å². The summed E-state index contributed by atoms with van der Waals surface area (Å²) in [5, 5.41) is 17.0. The number of benzene rings is 1. The number of hydrogen-bond donors (Lipinski definition) is 3. The third kappa shape index (κ3) is 5.11. The van der Waals surface area contributed by atoms with Gasteiger partial charge in [-0.1, -0.05) is 26.8 Å². The van der Waals surface area contributed by atoms with Crippen molar-refractivity contribution in [3.8, 4) is 5.75 Å². The fraction of sp³-hybridized carbons (Fsp3) is 0.650. The number of nitrogens with one attached hydrogen (secondary N) is 2. The highest BCUT2D eigenvalue weighted by Gasteiger charge is 2.24. The maximum Gasteiger partial charge on any atom is 0.191 e. The van der Waals surface area contributed by atoms with Crippen molar-refractivity contribution in [1.82, 2.24) is 10.6 Å². The molecule has 140 valence electrons. The van der Waals surface area contributed by atoms with Crippen molar-refractivity contribution in [3.05, 3.63) is 28.8 Å². The van der Waals surface area contributed by atoms with E-state index in [0.717, 1.165) is 24.4 Å². The molecule has 3 N–H and O–H groups in total. The van der Waals surface area contributed by atoms with Gasteiger partial charge in [0.2, 0.25) is 0 Å². The van der Waals surface area contributed by atoms with Crippen LogP contribution in [0.3, 0.4) is 0 Å². The average molecular weight is 348 g/mol. The van der Waals surface area contributed by atoms with Crippen molar-refractivity contribution >= 4 is 5.96 Å². The Kier molecular flexibility index (Phi) is 6.71. The van der Waals surface area contributed by atoms with Crippen LogP contribution in [0.15, 0.2) is 17.1 Å². The molecule has 0 radical (unpaired) electrons. The number of aryl methyl sites for hydroxylation is 1. The van der Waals surface area contributed by atoms with Crippen LogP contribution in [0.4, 0.5) is 0 Å². The lowest BCUT2D eigenvalue weighted by molar-refractivity contribution is 0.0205. The minimum absolute atomic E-state index is 0.0529. The normalized spacial score (nSPS) is 16.3. The lowest BCUT2D eigenvalue weighted by atomic mass is 9.88. The Morgan fingerprint density at radius 2 is 1.96 bits per heavy atom. The summed E-state index contributed by atoms with van der Waals surface area (Å²) >= 11 is 0. The average Bonchev–Trinajstić information content (AvgIpc) is 2.58. The summed E-state index contributed by atoms with van der Waals surface area (Å²) in [4.78, 5) is 4.29. The van der Waals surface area contributed by atoms with Crippen LogP contribution >= 0.6 is 0 Å². The van der Waals surface area contributed by atoms with Gasteiger partial charge >= 0.3 is 0 Å². The Hall–Kier alpha value is -1.75. The van der Waals surface area contributed by atoms with Crippen molar-refractivity contribution in [1.29, 1.82) is 0 Å². The number of ether oxygens (including phenoxy) is 1. The molecular formula is C20H33N3O2. The monoisotopic (exact) mass is 347 g/mol. The molecule has 1 aromatic rings. The van der Waals surface area contributed by atoms with E-state index in [1.807, 2.05) is 6.07 Å². The molecule has 0 saturated heterocycles. The van der Waals surface area contributed by atoms with Gasteiger partial charge in [0.15, 0.2) is 5.96 Å². The van der Waals surface area contributed by atoms with Gasteiger partial charge in [-0.3, -0.25) is 4.99 Å². The topological polar surface area (TPSA) is 65.9 Å². The Balaban J connectivity index is 2.00. The summed E-state index contributed by atoms with van der Waals surface area (Å²) in [7, 11) is 3.50. The number of guanidine groups is 1. The van der Waals surface area contributed by atoms with Gasteiger partial charge in [-0.25, -0.2) is 0 Å². The lowest BCUT2D eigenvalue weighted by Gasteiger charge is -2.30. The molecule has 1 aliphatic rings. The van der Waals surface area contributed by atoms with E-state index in [9.17, 15) is 5.11 Å². The molecule has 0 spiro atoms. The molecule has 0 fully saturated rings. The third-order valence-electron chi connectivity index (χ3n) is 4.99. The summed E-state index contributed by atoms with van der Waals surface area (Å²) in [6.07, 6.45) is 4.67. The lowest BCUT2D eigenvalue weighted by Crippen LogP contribution is -2.45. The first-order valence-corrected chi connectivity index (χ1v) is 9.16. The molecule has 1 aliphatic carbocycles. The maximum atomic E-state index is 10.3. The second-order valence-electron chi connectivity index (χ2n) is 7.81. The van der Waals surface area contributed by atoms with Crippen molar-refractivity contribution in [2.75, 3.05) is 20.7 Å². The SMILES string of the molecule is CN=C(NCc1c(O)ccc2c1CCCC2)NCC(OC)C(C)(C)C. The van der Waals surface area contributed by atoms with Gasteiger partial charge in [0.25, 0.3) is 0 Å². The van der Waals surface area contributed by atoms with E-state index in [0.29, 0.717) is 18.8 Å². The number of rotatable bonds is 5. The van der Waals surface area contributed by atoms with Gasteiger partial charge in [-0.15, -0.1) is 0 Å². The molecule has 5 heteroatoms. The predicted molar refractivity (Wildman–Crippen MR) is 103 cm³/mol. The quantitative estimate of drug-likeness (QED) is 0.566. The van der Waals surface area contributed by atoms with Crippen molar-refractivity contribution in [2.24, 2.45) is 10.4 Å². The molecule has 25 heavy (non-hydrogen) atoms. The molecule has 1 unspecified atom stereocenters. The zero-order valence-electron chi connectivity index (χ0n) is 16.3. The molecule has 0 bridgehead atoms. The van der Waals surface area contributed by atoms with Crippen molar-refractivity contribution < 1.29 is 9.84 Å². The Morgan fingerprint density at radius 3 is 2.60 bits per heavy atom. The van der Waals surface area contributed by atoms with Gasteiger partial charge < -0.3 is 20.5 Å². The third-order valence-corrected chi connectivity index (χ3v) is 4.99. The van der Waals surface area contributed by atoms with E-state index in [2.05, 4.69) is 42.5 Å². The van der Waals surface area contributed by atoms with Crippen molar-refractivity contribution in [3.63, 3.8) is 0 Å². The maximum absolute atomic E-state index is 10.3. The molecule has 1 atom stereocenters.